The highest BCUT2D eigenvalue weighted by molar-refractivity contribution is 5.48. The fraction of sp³-hybridized carbons (Fsp3) is 0.167. The average molecular weight is 150 g/mol. The smallest absolute Gasteiger partial charge is 0.250 e. The first kappa shape index (κ1) is 6.09. The molecule has 0 amide bonds. The molecule has 5 nitrogen and oxygen atoms in total. The lowest BCUT2D eigenvalue weighted by Crippen LogP contribution is -1.72. The molecule has 0 aliphatic heterocycles. The highest BCUT2D eigenvalue weighted by Gasteiger charge is 2.04. The van der Waals surface area contributed by atoms with Crippen LogP contribution in [0.25, 0.3) is 11.5 Å². The Morgan fingerprint density at radius 1 is 1.45 bits per heavy atom. The summed E-state index contributed by atoms with van der Waals surface area (Å²) in [6.45, 7) is 1.75. The van der Waals surface area contributed by atoms with Crippen LogP contribution < -0.4 is 0 Å². The number of hydrogen-bond donors (Lipinski definition) is 1. The lowest BCUT2D eigenvalue weighted by atomic mass is 10.4. The third kappa shape index (κ3) is 1.000. The van der Waals surface area contributed by atoms with Crippen LogP contribution in [0.4, 0.5) is 0 Å². The molecule has 11 heavy (non-hydrogen) atoms. The van der Waals surface area contributed by atoms with Gasteiger partial charge in [0.2, 0.25) is 5.89 Å². The van der Waals surface area contributed by atoms with Gasteiger partial charge in [0.05, 0.1) is 11.8 Å². The molecule has 0 fully saturated rings. The van der Waals surface area contributed by atoms with Crippen LogP contribution in [0.1, 0.15) is 5.89 Å². The molecule has 2 aromatic rings. The van der Waals surface area contributed by atoms with Crippen molar-refractivity contribution in [3.63, 3.8) is 0 Å². The molecule has 2 heterocycles. The molecule has 0 atom stereocenters. The van der Waals surface area contributed by atoms with E-state index in [1.165, 1.54) is 0 Å². The summed E-state index contributed by atoms with van der Waals surface area (Å²) < 4.78 is 5.15. The normalized spacial score (nSPS) is 10.3. The predicted octanol–water partition coefficient (Wildman–Crippen LogP) is 0.768. The van der Waals surface area contributed by atoms with E-state index < -0.39 is 0 Å². The molecule has 0 aliphatic rings. The zero-order valence-electron chi connectivity index (χ0n) is 5.90. The van der Waals surface area contributed by atoms with Crippen molar-refractivity contribution < 1.29 is 4.42 Å². The zero-order valence-corrected chi connectivity index (χ0v) is 5.90. The quantitative estimate of drug-likeness (QED) is 0.651. The highest BCUT2D eigenvalue weighted by atomic mass is 16.4. The number of nitrogens with one attached hydrogen (secondary N) is 1. The number of hydrogen-bond acceptors (Lipinski definition) is 4. The Kier molecular flexibility index (Phi) is 1.21. The lowest BCUT2D eigenvalue weighted by Gasteiger charge is -1.81. The van der Waals surface area contributed by atoms with Gasteiger partial charge in [0.1, 0.15) is 0 Å². The van der Waals surface area contributed by atoms with E-state index in [0.29, 0.717) is 11.8 Å². The first-order valence-electron chi connectivity index (χ1n) is 3.15. The van der Waals surface area contributed by atoms with Crippen LogP contribution in [-0.2, 0) is 0 Å². The number of nitrogens with zero attached hydrogens (tertiary/aromatic N) is 3. The predicted molar refractivity (Wildman–Crippen MR) is 36.6 cm³/mol. The molecule has 0 unspecified atom stereocenters. The van der Waals surface area contributed by atoms with Crippen molar-refractivity contribution in [2.24, 2.45) is 0 Å². The van der Waals surface area contributed by atoms with Gasteiger partial charge in [-0.15, -0.1) is 10.2 Å². The SMILES string of the molecule is Cc1nnc(-c2cn[nH]c2)o1. The number of H-pyrrole nitrogens is 1. The van der Waals surface area contributed by atoms with Crippen LogP contribution in [0.5, 0.6) is 0 Å². The van der Waals surface area contributed by atoms with Crippen LogP contribution in [0.2, 0.25) is 0 Å². The average Bonchev–Trinajstić information content (AvgIpc) is 2.55. The highest BCUT2D eigenvalue weighted by Crippen LogP contribution is 2.14. The second-order valence-electron chi connectivity index (χ2n) is 2.11. The summed E-state index contributed by atoms with van der Waals surface area (Å²) in [5, 5.41) is 13.9. The van der Waals surface area contributed by atoms with Crippen LogP contribution in [0.3, 0.4) is 0 Å². The van der Waals surface area contributed by atoms with Gasteiger partial charge in [0.25, 0.3) is 5.89 Å². The Bertz CT molecular complexity index is 337. The molecule has 0 saturated carbocycles. The van der Waals surface area contributed by atoms with Crippen molar-refractivity contribution in [2.45, 2.75) is 6.92 Å². The maximum Gasteiger partial charge on any atom is 0.250 e. The molecule has 0 bridgehead atoms. The minimum atomic E-state index is 0.497. The molecule has 0 aromatic carbocycles. The van der Waals surface area contributed by atoms with E-state index in [0.717, 1.165) is 5.56 Å². The van der Waals surface area contributed by atoms with Gasteiger partial charge in [-0.3, -0.25) is 5.10 Å². The first-order chi connectivity index (χ1) is 5.36. The molecule has 2 rings (SSSR count). The number of aromatic amines is 1. The molecule has 1 N–H and O–H groups in total. The molecule has 0 saturated heterocycles. The van der Waals surface area contributed by atoms with Gasteiger partial charge in [-0.1, -0.05) is 0 Å². The summed E-state index contributed by atoms with van der Waals surface area (Å²) in [6, 6.07) is 0. The number of rotatable bonds is 1. The van der Waals surface area contributed by atoms with Crippen molar-refractivity contribution >= 4 is 0 Å². The van der Waals surface area contributed by atoms with Gasteiger partial charge in [-0.2, -0.15) is 5.10 Å². The maximum absolute atomic E-state index is 5.15. The summed E-state index contributed by atoms with van der Waals surface area (Å²) in [6.07, 6.45) is 3.33. The van der Waals surface area contributed by atoms with Gasteiger partial charge >= 0.3 is 0 Å². The van der Waals surface area contributed by atoms with Crippen LogP contribution >= 0.6 is 0 Å². The van der Waals surface area contributed by atoms with Gasteiger partial charge in [-0.25, -0.2) is 0 Å². The van der Waals surface area contributed by atoms with E-state index in [4.69, 9.17) is 4.42 Å². The first-order valence-corrected chi connectivity index (χ1v) is 3.15. The van der Waals surface area contributed by atoms with Crippen molar-refractivity contribution in [2.75, 3.05) is 0 Å². The fourth-order valence-electron chi connectivity index (χ4n) is 0.781. The van der Waals surface area contributed by atoms with E-state index in [1.54, 1.807) is 19.3 Å². The Morgan fingerprint density at radius 2 is 2.36 bits per heavy atom. The number of aryl methyl sites for hydroxylation is 1. The third-order valence-corrected chi connectivity index (χ3v) is 1.27. The monoisotopic (exact) mass is 150 g/mol. The molecule has 56 valence electrons. The van der Waals surface area contributed by atoms with E-state index >= 15 is 0 Å². The summed E-state index contributed by atoms with van der Waals surface area (Å²) in [7, 11) is 0. The zero-order chi connectivity index (χ0) is 7.68. The summed E-state index contributed by atoms with van der Waals surface area (Å²) in [5.74, 6) is 1.05. The second-order valence-corrected chi connectivity index (χ2v) is 2.11. The van der Waals surface area contributed by atoms with Crippen molar-refractivity contribution in [1.82, 2.24) is 20.4 Å². The van der Waals surface area contributed by atoms with E-state index in [1.807, 2.05) is 0 Å². The molecule has 0 aliphatic carbocycles. The molecule has 0 radical (unpaired) electrons. The standard InChI is InChI=1S/C6H6N4O/c1-4-9-10-6(11-4)5-2-7-8-3-5/h2-3H,1H3,(H,7,8). The van der Waals surface area contributed by atoms with Gasteiger partial charge in [0, 0.05) is 13.1 Å². The van der Waals surface area contributed by atoms with E-state index in [-0.39, 0.29) is 0 Å². The molecular formula is C6H6N4O. The Morgan fingerprint density at radius 3 is 2.91 bits per heavy atom. The topological polar surface area (TPSA) is 67.6 Å². The van der Waals surface area contributed by atoms with Gasteiger partial charge in [0.15, 0.2) is 0 Å². The van der Waals surface area contributed by atoms with Crippen LogP contribution in [0.15, 0.2) is 16.8 Å². The Labute approximate surface area is 62.5 Å². The van der Waals surface area contributed by atoms with Crippen molar-refractivity contribution in [3.05, 3.63) is 18.3 Å². The Balaban J connectivity index is 2.45. The fourth-order valence-corrected chi connectivity index (χ4v) is 0.781. The van der Waals surface area contributed by atoms with Crippen LogP contribution in [0, 0.1) is 6.92 Å². The summed E-state index contributed by atoms with van der Waals surface area (Å²) in [4.78, 5) is 0. The largest absolute Gasteiger partial charge is 0.421 e. The van der Waals surface area contributed by atoms with Gasteiger partial charge < -0.3 is 4.42 Å². The molecular weight excluding hydrogens is 144 g/mol. The second kappa shape index (κ2) is 2.19. The van der Waals surface area contributed by atoms with Crippen LogP contribution in [-0.4, -0.2) is 20.4 Å². The molecule has 2 aromatic heterocycles. The molecule has 0 spiro atoms. The summed E-state index contributed by atoms with van der Waals surface area (Å²) >= 11 is 0. The maximum atomic E-state index is 5.15. The minimum Gasteiger partial charge on any atom is -0.421 e. The lowest BCUT2D eigenvalue weighted by molar-refractivity contribution is 0.533. The molecule has 5 heteroatoms. The van der Waals surface area contributed by atoms with Gasteiger partial charge in [-0.05, 0) is 0 Å². The third-order valence-electron chi connectivity index (χ3n) is 1.27. The minimum absolute atomic E-state index is 0.497. The van der Waals surface area contributed by atoms with E-state index in [2.05, 4.69) is 20.4 Å². The summed E-state index contributed by atoms with van der Waals surface area (Å²) in [5.41, 5.74) is 0.811. The Hall–Kier alpha value is -1.65. The number of aromatic nitrogens is 4. The van der Waals surface area contributed by atoms with Crippen molar-refractivity contribution in [3.8, 4) is 11.5 Å². The van der Waals surface area contributed by atoms with E-state index in [9.17, 15) is 0 Å². The van der Waals surface area contributed by atoms with Crippen molar-refractivity contribution in [1.29, 1.82) is 0 Å².